The Labute approximate surface area is 191 Å². The van der Waals surface area contributed by atoms with E-state index in [0.29, 0.717) is 10.9 Å². The number of likely N-dealkylation sites (tertiary alicyclic amines) is 1. The van der Waals surface area contributed by atoms with Gasteiger partial charge in [-0.05, 0) is 30.5 Å². The zero-order chi connectivity index (χ0) is 21.4. The van der Waals surface area contributed by atoms with Crippen LogP contribution in [0, 0.1) is 5.82 Å². The van der Waals surface area contributed by atoms with Crippen LogP contribution in [0.4, 0.5) is 17.6 Å². The molecule has 1 aliphatic heterocycles. The van der Waals surface area contributed by atoms with Crippen LogP contribution >= 0.6 is 24.0 Å². The van der Waals surface area contributed by atoms with Crippen LogP contribution in [0.25, 0.3) is 0 Å². The molecule has 0 aliphatic carbocycles. The van der Waals surface area contributed by atoms with Gasteiger partial charge in [0.15, 0.2) is 5.96 Å². The van der Waals surface area contributed by atoms with E-state index < -0.39 is 18.6 Å². The zero-order valence-corrected chi connectivity index (χ0v) is 19.3. The van der Waals surface area contributed by atoms with Crippen LogP contribution in [0.1, 0.15) is 18.4 Å². The van der Waals surface area contributed by atoms with Gasteiger partial charge in [0.05, 0.1) is 6.54 Å². The lowest BCUT2D eigenvalue weighted by Crippen LogP contribution is -2.50. The average Bonchev–Trinajstić information content (AvgIpc) is 2.66. The van der Waals surface area contributed by atoms with Crippen molar-refractivity contribution < 1.29 is 22.4 Å². The van der Waals surface area contributed by atoms with Gasteiger partial charge in [-0.15, -0.1) is 24.0 Å². The summed E-state index contributed by atoms with van der Waals surface area (Å²) in [6.45, 7) is 0.889. The predicted octanol–water partition coefficient (Wildman–Crippen LogP) is 2.59. The Bertz CT molecular complexity index is 691. The molecular formula is C19H28F4IN5O. The van der Waals surface area contributed by atoms with E-state index in [9.17, 15) is 22.4 Å². The standard InChI is InChI=1S/C19H27F4N5O.HI/c1-24-18(25-11-17(29)27(2)13-19(21,22)23)26-16-7-9-28(10-8-16)12-14-3-5-15(20)6-4-14;/h3-6,16H,7-13H2,1-2H3,(H2,24,25,26);1H. The number of amides is 1. The summed E-state index contributed by atoms with van der Waals surface area (Å²) in [7, 11) is 2.66. The van der Waals surface area contributed by atoms with Crippen molar-refractivity contribution in [2.75, 3.05) is 40.3 Å². The van der Waals surface area contributed by atoms with Crippen molar-refractivity contribution in [1.29, 1.82) is 0 Å². The Kier molecular flexibility index (Phi) is 10.8. The average molecular weight is 545 g/mol. The summed E-state index contributed by atoms with van der Waals surface area (Å²) in [5, 5.41) is 5.98. The number of hydrogen-bond donors (Lipinski definition) is 2. The Morgan fingerprint density at radius 3 is 2.37 bits per heavy atom. The number of carbonyl (C=O) groups is 1. The minimum Gasteiger partial charge on any atom is -0.354 e. The molecule has 1 heterocycles. The van der Waals surface area contributed by atoms with Crippen molar-refractivity contribution in [3.8, 4) is 0 Å². The van der Waals surface area contributed by atoms with Crippen LogP contribution in [0.15, 0.2) is 29.3 Å². The molecule has 0 spiro atoms. The van der Waals surface area contributed by atoms with E-state index in [1.165, 1.54) is 12.1 Å². The number of nitrogens with zero attached hydrogens (tertiary/aromatic N) is 3. The highest BCUT2D eigenvalue weighted by Crippen LogP contribution is 2.16. The van der Waals surface area contributed by atoms with E-state index >= 15 is 0 Å². The first-order valence-electron chi connectivity index (χ1n) is 9.41. The molecule has 0 saturated carbocycles. The van der Waals surface area contributed by atoms with E-state index in [4.69, 9.17) is 0 Å². The van der Waals surface area contributed by atoms with Crippen LogP contribution in [0.2, 0.25) is 0 Å². The third-order valence-corrected chi connectivity index (χ3v) is 4.72. The Balaban J connectivity index is 0.00000450. The lowest BCUT2D eigenvalue weighted by Gasteiger charge is -2.33. The van der Waals surface area contributed by atoms with E-state index in [2.05, 4.69) is 20.5 Å². The number of aliphatic imine (C=N–C) groups is 1. The van der Waals surface area contributed by atoms with Crippen molar-refractivity contribution in [2.45, 2.75) is 31.6 Å². The fourth-order valence-corrected chi connectivity index (χ4v) is 3.12. The summed E-state index contributed by atoms with van der Waals surface area (Å²) in [5.74, 6) is -0.534. The zero-order valence-electron chi connectivity index (χ0n) is 17.0. The van der Waals surface area contributed by atoms with Gasteiger partial charge < -0.3 is 15.5 Å². The first-order chi connectivity index (χ1) is 13.7. The SMILES string of the molecule is CN=C(NCC(=O)N(C)CC(F)(F)F)NC1CCN(Cc2ccc(F)cc2)CC1.I. The number of guanidine groups is 1. The van der Waals surface area contributed by atoms with E-state index in [-0.39, 0.29) is 42.4 Å². The maximum atomic E-state index is 13.0. The van der Waals surface area contributed by atoms with E-state index in [0.717, 1.165) is 45.1 Å². The second-order valence-corrected chi connectivity index (χ2v) is 7.11. The molecule has 11 heteroatoms. The second kappa shape index (κ2) is 12.3. The van der Waals surface area contributed by atoms with E-state index in [1.54, 1.807) is 19.2 Å². The van der Waals surface area contributed by atoms with Crippen LogP contribution in [0.3, 0.4) is 0 Å². The molecule has 0 aromatic heterocycles. The van der Waals surface area contributed by atoms with Gasteiger partial charge in [0, 0.05) is 39.8 Å². The quantitative estimate of drug-likeness (QED) is 0.250. The molecule has 2 N–H and O–H groups in total. The van der Waals surface area contributed by atoms with Crippen LogP contribution in [-0.2, 0) is 11.3 Å². The predicted molar refractivity (Wildman–Crippen MR) is 118 cm³/mol. The third kappa shape index (κ3) is 9.45. The Morgan fingerprint density at radius 1 is 1.23 bits per heavy atom. The van der Waals surface area contributed by atoms with Crippen molar-refractivity contribution >= 4 is 35.8 Å². The normalized spacial score (nSPS) is 16.0. The molecule has 1 amide bonds. The summed E-state index contributed by atoms with van der Waals surface area (Å²) in [6.07, 6.45) is -2.72. The minimum absolute atomic E-state index is 0. The number of rotatable bonds is 6. The molecule has 2 rings (SSSR count). The fraction of sp³-hybridized carbons (Fsp3) is 0.579. The fourth-order valence-electron chi connectivity index (χ4n) is 3.12. The number of halogens is 5. The van der Waals surface area contributed by atoms with Gasteiger partial charge in [-0.25, -0.2) is 4.39 Å². The van der Waals surface area contributed by atoms with Crippen LogP contribution < -0.4 is 10.6 Å². The summed E-state index contributed by atoms with van der Waals surface area (Å²) in [4.78, 5) is 18.8. The molecule has 0 atom stereocenters. The third-order valence-electron chi connectivity index (χ3n) is 4.72. The van der Waals surface area contributed by atoms with Gasteiger partial charge in [0.25, 0.3) is 0 Å². The second-order valence-electron chi connectivity index (χ2n) is 7.11. The molecule has 1 aromatic rings. The highest BCUT2D eigenvalue weighted by Gasteiger charge is 2.31. The highest BCUT2D eigenvalue weighted by molar-refractivity contribution is 14.0. The van der Waals surface area contributed by atoms with E-state index in [1.807, 2.05) is 0 Å². The summed E-state index contributed by atoms with van der Waals surface area (Å²) >= 11 is 0. The van der Waals surface area contributed by atoms with Gasteiger partial charge >= 0.3 is 6.18 Å². The number of carbonyl (C=O) groups excluding carboxylic acids is 1. The topological polar surface area (TPSA) is 60.0 Å². The van der Waals surface area contributed by atoms with Crippen molar-refractivity contribution in [3.05, 3.63) is 35.6 Å². The van der Waals surface area contributed by atoms with Crippen molar-refractivity contribution in [3.63, 3.8) is 0 Å². The molecule has 1 saturated heterocycles. The van der Waals surface area contributed by atoms with Gasteiger partial charge in [-0.2, -0.15) is 13.2 Å². The van der Waals surface area contributed by atoms with Gasteiger partial charge in [0.1, 0.15) is 12.4 Å². The largest absolute Gasteiger partial charge is 0.406 e. The number of benzene rings is 1. The smallest absolute Gasteiger partial charge is 0.354 e. The monoisotopic (exact) mass is 545 g/mol. The maximum Gasteiger partial charge on any atom is 0.406 e. The number of hydrogen-bond acceptors (Lipinski definition) is 3. The molecule has 1 fully saturated rings. The van der Waals surface area contributed by atoms with Crippen LogP contribution in [-0.4, -0.2) is 74.2 Å². The lowest BCUT2D eigenvalue weighted by molar-refractivity contribution is -0.157. The Hall–Kier alpha value is -1.63. The molecule has 6 nitrogen and oxygen atoms in total. The minimum atomic E-state index is -4.42. The summed E-state index contributed by atoms with van der Waals surface area (Å²) in [6, 6.07) is 6.60. The summed E-state index contributed by atoms with van der Waals surface area (Å²) < 4.78 is 50.1. The molecule has 0 unspecified atom stereocenters. The number of likely N-dealkylation sites (N-methyl/N-ethyl adjacent to an activating group) is 1. The number of nitrogens with one attached hydrogen (secondary N) is 2. The van der Waals surface area contributed by atoms with Gasteiger partial charge in [-0.3, -0.25) is 14.7 Å². The molecule has 1 aliphatic rings. The molecule has 0 radical (unpaired) electrons. The van der Waals surface area contributed by atoms with Crippen molar-refractivity contribution in [1.82, 2.24) is 20.4 Å². The maximum absolute atomic E-state index is 13.0. The summed E-state index contributed by atoms with van der Waals surface area (Å²) in [5.41, 5.74) is 1.05. The number of alkyl halides is 3. The molecule has 170 valence electrons. The van der Waals surface area contributed by atoms with Crippen LogP contribution in [0.5, 0.6) is 0 Å². The lowest BCUT2D eigenvalue weighted by atomic mass is 10.0. The highest BCUT2D eigenvalue weighted by atomic mass is 127. The first-order valence-corrected chi connectivity index (χ1v) is 9.41. The number of piperidine rings is 1. The molecular weight excluding hydrogens is 517 g/mol. The molecule has 1 aromatic carbocycles. The molecule has 0 bridgehead atoms. The first kappa shape index (κ1) is 26.4. The van der Waals surface area contributed by atoms with Gasteiger partial charge in [-0.1, -0.05) is 12.1 Å². The Morgan fingerprint density at radius 2 is 1.83 bits per heavy atom. The van der Waals surface area contributed by atoms with Gasteiger partial charge in [0.2, 0.25) is 5.91 Å². The molecule has 30 heavy (non-hydrogen) atoms. The van der Waals surface area contributed by atoms with Crippen molar-refractivity contribution in [2.24, 2.45) is 4.99 Å².